The van der Waals surface area contributed by atoms with Gasteiger partial charge in [0.15, 0.2) is 0 Å². The van der Waals surface area contributed by atoms with Gasteiger partial charge in [-0.25, -0.2) is 13.2 Å². The fraction of sp³-hybridized carbons (Fsp3) is 0.414. The van der Waals surface area contributed by atoms with Gasteiger partial charge in [0.1, 0.15) is 0 Å². The third-order valence-corrected chi connectivity index (χ3v) is 10.2. The summed E-state index contributed by atoms with van der Waals surface area (Å²) in [7, 11) is -4.16. The maximum atomic E-state index is 13.9. The molecule has 0 radical (unpaired) electrons. The Balaban J connectivity index is 1.31. The second-order valence-corrected chi connectivity index (χ2v) is 13.2. The standard InChI is InChI=1S/C29H31ClN4O6S/c1-2-15-39-27(36)29-20-33(41(37,38)25-6-4-21-16-23(30)5-3-22(21)17-25)18-26(35)34(29)19-28(40-29)9-13-32(14-10-28)24-7-11-31-12-8-24/h3-8,11-12,16-17H,2,9-10,13-15,18-20H2,1H3. The molecule has 1 aromatic heterocycles. The van der Waals surface area contributed by atoms with Gasteiger partial charge in [0.2, 0.25) is 15.9 Å². The van der Waals surface area contributed by atoms with Gasteiger partial charge >= 0.3 is 5.97 Å². The highest BCUT2D eigenvalue weighted by molar-refractivity contribution is 7.89. The highest BCUT2D eigenvalue weighted by Crippen LogP contribution is 2.45. The molecule has 3 saturated heterocycles. The van der Waals surface area contributed by atoms with Gasteiger partial charge in [0.25, 0.3) is 5.72 Å². The molecule has 3 aliphatic rings. The topological polar surface area (TPSA) is 109 Å². The lowest BCUT2D eigenvalue weighted by atomic mass is 9.91. The van der Waals surface area contributed by atoms with Crippen molar-refractivity contribution in [3.63, 3.8) is 0 Å². The van der Waals surface area contributed by atoms with E-state index in [9.17, 15) is 18.0 Å². The van der Waals surface area contributed by atoms with Crippen LogP contribution in [0.15, 0.2) is 65.8 Å². The molecular weight excluding hydrogens is 568 g/mol. The van der Waals surface area contributed by atoms with Crippen molar-refractivity contribution in [3.05, 3.63) is 65.9 Å². The Bertz CT molecular complexity index is 1600. The predicted octanol–water partition coefficient (Wildman–Crippen LogP) is 3.44. The van der Waals surface area contributed by atoms with Gasteiger partial charge in [-0.15, -0.1) is 0 Å². The Hall–Kier alpha value is -3.25. The summed E-state index contributed by atoms with van der Waals surface area (Å²) in [6, 6.07) is 13.8. The van der Waals surface area contributed by atoms with E-state index in [0.717, 1.165) is 15.4 Å². The number of carbonyl (C=O) groups is 2. The number of esters is 1. The summed E-state index contributed by atoms with van der Waals surface area (Å²) in [5.41, 5.74) is -1.62. The van der Waals surface area contributed by atoms with Crippen LogP contribution in [0.4, 0.5) is 5.69 Å². The van der Waals surface area contributed by atoms with Crippen molar-refractivity contribution >= 4 is 50.0 Å². The number of nitrogens with zero attached hydrogens (tertiary/aromatic N) is 4. The largest absolute Gasteiger partial charge is 0.462 e. The predicted molar refractivity (Wildman–Crippen MR) is 153 cm³/mol. The Morgan fingerprint density at radius 1 is 1.05 bits per heavy atom. The number of hydrogen-bond donors (Lipinski definition) is 0. The summed E-state index contributed by atoms with van der Waals surface area (Å²) in [5.74, 6) is -1.23. The molecule has 0 saturated carbocycles. The van der Waals surface area contributed by atoms with Crippen molar-refractivity contribution in [1.82, 2.24) is 14.2 Å². The number of amides is 1. The van der Waals surface area contributed by atoms with Crippen LogP contribution in [-0.2, 0) is 29.1 Å². The van der Waals surface area contributed by atoms with Gasteiger partial charge in [-0.2, -0.15) is 4.31 Å². The van der Waals surface area contributed by atoms with Gasteiger partial charge in [-0.05, 0) is 66.4 Å². The number of aromatic nitrogens is 1. The van der Waals surface area contributed by atoms with Crippen molar-refractivity contribution in [2.75, 3.05) is 44.2 Å². The lowest BCUT2D eigenvalue weighted by Gasteiger charge is -2.43. The van der Waals surface area contributed by atoms with E-state index in [1.165, 1.54) is 11.0 Å². The molecule has 3 fully saturated rings. The molecule has 0 N–H and O–H groups in total. The Morgan fingerprint density at radius 2 is 1.76 bits per heavy atom. The molecular formula is C29H31ClN4O6S. The van der Waals surface area contributed by atoms with Crippen LogP contribution in [0.25, 0.3) is 10.8 Å². The maximum absolute atomic E-state index is 13.9. The first-order valence-corrected chi connectivity index (χ1v) is 15.5. The summed E-state index contributed by atoms with van der Waals surface area (Å²) in [6.45, 7) is 2.75. The number of pyridine rings is 1. The van der Waals surface area contributed by atoms with Crippen LogP contribution in [0.5, 0.6) is 0 Å². The molecule has 0 aliphatic carbocycles. The van der Waals surface area contributed by atoms with Crippen molar-refractivity contribution in [1.29, 1.82) is 0 Å². The molecule has 1 unspecified atom stereocenters. The molecule has 1 spiro atoms. The van der Waals surface area contributed by atoms with Crippen LogP contribution in [0.2, 0.25) is 5.02 Å². The molecule has 1 amide bonds. The molecule has 3 aromatic rings. The summed E-state index contributed by atoms with van der Waals surface area (Å²) >= 11 is 6.09. The summed E-state index contributed by atoms with van der Waals surface area (Å²) in [4.78, 5) is 35.0. The number of sulfonamides is 1. The fourth-order valence-electron chi connectivity index (χ4n) is 5.99. The van der Waals surface area contributed by atoms with E-state index >= 15 is 0 Å². The average molecular weight is 599 g/mol. The number of fused-ring (bicyclic) bond motifs is 2. The first-order valence-electron chi connectivity index (χ1n) is 13.7. The Labute approximate surface area is 243 Å². The molecule has 1 atom stereocenters. The second-order valence-electron chi connectivity index (χ2n) is 10.8. The number of benzene rings is 2. The molecule has 12 heteroatoms. The molecule has 0 bridgehead atoms. The number of carbonyl (C=O) groups excluding carboxylic acids is 2. The Kier molecular flexibility index (Phi) is 7.17. The number of piperazine rings is 1. The number of rotatable bonds is 6. The van der Waals surface area contributed by atoms with Crippen LogP contribution in [0, 0.1) is 0 Å². The minimum Gasteiger partial charge on any atom is -0.462 e. The Morgan fingerprint density at radius 3 is 2.49 bits per heavy atom. The zero-order chi connectivity index (χ0) is 28.8. The smallest absolute Gasteiger partial charge is 0.361 e. The van der Waals surface area contributed by atoms with E-state index in [0.29, 0.717) is 42.8 Å². The monoisotopic (exact) mass is 598 g/mol. The zero-order valence-corrected chi connectivity index (χ0v) is 24.2. The fourth-order valence-corrected chi connectivity index (χ4v) is 7.61. The maximum Gasteiger partial charge on any atom is 0.361 e. The number of ether oxygens (including phenoxy) is 2. The quantitative estimate of drug-likeness (QED) is 0.397. The van der Waals surface area contributed by atoms with E-state index < -0.39 is 39.8 Å². The number of anilines is 1. The van der Waals surface area contributed by atoms with Crippen LogP contribution in [0.1, 0.15) is 26.2 Å². The lowest BCUT2D eigenvalue weighted by molar-refractivity contribution is -0.207. The minimum absolute atomic E-state index is 0.0176. The molecule has 4 heterocycles. The van der Waals surface area contributed by atoms with Crippen LogP contribution in [0.3, 0.4) is 0 Å². The van der Waals surface area contributed by atoms with Crippen molar-refractivity contribution in [2.24, 2.45) is 0 Å². The number of hydrogen-bond acceptors (Lipinski definition) is 8. The lowest BCUT2D eigenvalue weighted by Crippen LogP contribution is -2.67. The normalized spacial score (nSPS) is 22.7. The molecule has 216 valence electrons. The first kappa shape index (κ1) is 27.9. The molecule has 3 aliphatic heterocycles. The highest BCUT2D eigenvalue weighted by Gasteiger charge is 2.65. The summed E-state index contributed by atoms with van der Waals surface area (Å²) in [6.07, 6.45) is 5.17. The summed E-state index contributed by atoms with van der Waals surface area (Å²) < 4.78 is 41.0. The molecule has 6 rings (SSSR count). The van der Waals surface area contributed by atoms with E-state index in [2.05, 4.69) is 9.88 Å². The third kappa shape index (κ3) is 4.94. The van der Waals surface area contributed by atoms with Gasteiger partial charge < -0.3 is 14.4 Å². The SMILES string of the molecule is CCCOC(=O)C12CN(S(=O)(=O)c3ccc4cc(Cl)ccc4c3)CC(=O)N1CC1(CCN(c3ccncc3)CC1)O2. The summed E-state index contributed by atoms with van der Waals surface area (Å²) in [5, 5.41) is 2.02. The molecule has 2 aromatic carbocycles. The van der Waals surface area contributed by atoms with Crippen molar-refractivity contribution < 1.29 is 27.5 Å². The highest BCUT2D eigenvalue weighted by atomic mass is 35.5. The average Bonchev–Trinajstić information content (AvgIpc) is 3.31. The number of halogens is 1. The van der Waals surface area contributed by atoms with Crippen molar-refractivity contribution in [3.8, 4) is 0 Å². The van der Waals surface area contributed by atoms with Gasteiger partial charge in [0.05, 0.1) is 36.7 Å². The van der Waals surface area contributed by atoms with Crippen LogP contribution >= 0.6 is 11.6 Å². The third-order valence-electron chi connectivity index (χ3n) is 8.14. The van der Waals surface area contributed by atoms with E-state index in [1.54, 1.807) is 42.7 Å². The van der Waals surface area contributed by atoms with Crippen LogP contribution in [-0.4, -0.2) is 85.1 Å². The van der Waals surface area contributed by atoms with Crippen LogP contribution < -0.4 is 4.90 Å². The first-order chi connectivity index (χ1) is 19.7. The van der Waals surface area contributed by atoms with E-state index in [-0.39, 0.29) is 24.6 Å². The van der Waals surface area contributed by atoms with Gasteiger partial charge in [-0.3, -0.25) is 14.7 Å². The minimum atomic E-state index is -4.16. The number of piperidine rings is 1. The van der Waals surface area contributed by atoms with Gasteiger partial charge in [0, 0.05) is 36.2 Å². The molecule has 10 nitrogen and oxygen atoms in total. The van der Waals surface area contributed by atoms with Gasteiger partial charge in [-0.1, -0.05) is 30.7 Å². The van der Waals surface area contributed by atoms with E-state index in [1.807, 2.05) is 19.1 Å². The molecule has 41 heavy (non-hydrogen) atoms. The second kappa shape index (κ2) is 10.5. The van der Waals surface area contributed by atoms with E-state index in [4.69, 9.17) is 21.1 Å². The zero-order valence-electron chi connectivity index (χ0n) is 22.7. The van der Waals surface area contributed by atoms with Crippen molar-refractivity contribution in [2.45, 2.75) is 42.4 Å².